The van der Waals surface area contributed by atoms with E-state index < -0.39 is 0 Å². The van der Waals surface area contributed by atoms with Gasteiger partial charge in [0.25, 0.3) is 0 Å². The van der Waals surface area contributed by atoms with E-state index in [1.165, 1.54) is 0 Å². The van der Waals surface area contributed by atoms with Crippen molar-refractivity contribution in [2.75, 3.05) is 18.8 Å². The zero-order chi connectivity index (χ0) is 13.0. The van der Waals surface area contributed by atoms with E-state index in [2.05, 4.69) is 0 Å². The molecule has 3 N–H and O–H groups in total. The van der Waals surface area contributed by atoms with Crippen molar-refractivity contribution in [1.29, 1.82) is 0 Å². The van der Waals surface area contributed by atoms with Crippen LogP contribution in [-0.4, -0.2) is 35.1 Å². The van der Waals surface area contributed by atoms with Gasteiger partial charge < -0.3 is 15.7 Å². The number of aliphatic hydroxyl groups is 1. The number of nitrogen functional groups attached to an aromatic ring is 1. The van der Waals surface area contributed by atoms with Crippen LogP contribution in [0.1, 0.15) is 24.8 Å². The summed E-state index contributed by atoms with van der Waals surface area (Å²) in [5.74, 6) is 0.121. The molecule has 1 atom stereocenters. The summed E-state index contributed by atoms with van der Waals surface area (Å²) in [4.78, 5) is 13.7. The standard InChI is InChI=1S/C14H20N2O2/c15-12-4-1-3-11(9-12)6-7-14(18)16-8-2-5-13(17)10-16/h1,3-4,9,13,17H,2,5-8,10,15H2/t13-/m0/s1. The van der Waals surface area contributed by atoms with Gasteiger partial charge in [-0.2, -0.15) is 0 Å². The summed E-state index contributed by atoms with van der Waals surface area (Å²) in [5.41, 5.74) is 7.51. The van der Waals surface area contributed by atoms with Crippen molar-refractivity contribution in [3.63, 3.8) is 0 Å². The minimum atomic E-state index is -0.352. The van der Waals surface area contributed by atoms with Crippen LogP contribution in [0.15, 0.2) is 24.3 Å². The maximum Gasteiger partial charge on any atom is 0.222 e. The number of amides is 1. The summed E-state index contributed by atoms with van der Waals surface area (Å²) in [6, 6.07) is 7.62. The maximum absolute atomic E-state index is 12.0. The minimum Gasteiger partial charge on any atom is -0.399 e. The summed E-state index contributed by atoms with van der Waals surface area (Å²) >= 11 is 0. The molecule has 0 aromatic heterocycles. The second-order valence-electron chi connectivity index (χ2n) is 4.88. The number of benzene rings is 1. The summed E-state index contributed by atoms with van der Waals surface area (Å²) in [5, 5.41) is 9.54. The van der Waals surface area contributed by atoms with Crippen LogP contribution in [0.4, 0.5) is 5.69 Å². The van der Waals surface area contributed by atoms with Gasteiger partial charge in [-0.1, -0.05) is 12.1 Å². The van der Waals surface area contributed by atoms with E-state index >= 15 is 0 Å². The molecule has 0 saturated carbocycles. The molecule has 1 saturated heterocycles. The lowest BCUT2D eigenvalue weighted by molar-refractivity contribution is -0.134. The number of nitrogens with two attached hydrogens (primary N) is 1. The summed E-state index contributed by atoms with van der Waals surface area (Å²) in [6.07, 6.45) is 2.53. The molecule has 4 nitrogen and oxygen atoms in total. The topological polar surface area (TPSA) is 66.6 Å². The average Bonchev–Trinajstić information content (AvgIpc) is 2.36. The first-order chi connectivity index (χ1) is 8.65. The Hall–Kier alpha value is -1.55. The highest BCUT2D eigenvalue weighted by Crippen LogP contribution is 2.13. The van der Waals surface area contributed by atoms with Crippen LogP contribution in [0.2, 0.25) is 0 Å². The fourth-order valence-electron chi connectivity index (χ4n) is 2.34. The number of hydrogen-bond acceptors (Lipinski definition) is 3. The molecular weight excluding hydrogens is 228 g/mol. The number of piperidine rings is 1. The molecule has 0 bridgehead atoms. The zero-order valence-corrected chi connectivity index (χ0v) is 10.5. The third-order valence-electron chi connectivity index (χ3n) is 3.33. The summed E-state index contributed by atoms with van der Waals surface area (Å²) < 4.78 is 0. The Labute approximate surface area is 107 Å². The molecule has 98 valence electrons. The highest BCUT2D eigenvalue weighted by molar-refractivity contribution is 5.76. The van der Waals surface area contributed by atoms with Crippen LogP contribution in [0.5, 0.6) is 0 Å². The molecule has 0 unspecified atom stereocenters. The number of aryl methyl sites for hydroxylation is 1. The van der Waals surface area contributed by atoms with Gasteiger partial charge in [0.15, 0.2) is 0 Å². The summed E-state index contributed by atoms with van der Waals surface area (Å²) in [6.45, 7) is 1.25. The molecule has 0 radical (unpaired) electrons. The van der Waals surface area contributed by atoms with Crippen LogP contribution in [-0.2, 0) is 11.2 Å². The maximum atomic E-state index is 12.0. The zero-order valence-electron chi connectivity index (χ0n) is 10.5. The van der Waals surface area contributed by atoms with Gasteiger partial charge in [0.2, 0.25) is 5.91 Å². The highest BCUT2D eigenvalue weighted by Gasteiger charge is 2.21. The van der Waals surface area contributed by atoms with Gasteiger partial charge in [0, 0.05) is 25.2 Å². The predicted molar refractivity (Wildman–Crippen MR) is 71.0 cm³/mol. The summed E-state index contributed by atoms with van der Waals surface area (Å²) in [7, 11) is 0. The van der Waals surface area contributed by atoms with Crippen LogP contribution in [0, 0.1) is 0 Å². The number of carbonyl (C=O) groups is 1. The van der Waals surface area contributed by atoms with E-state index in [4.69, 9.17) is 5.73 Å². The molecule has 1 aliphatic heterocycles. The Morgan fingerprint density at radius 3 is 3.06 bits per heavy atom. The first kappa shape index (κ1) is 12.9. The number of carbonyl (C=O) groups excluding carboxylic acids is 1. The number of aliphatic hydroxyl groups excluding tert-OH is 1. The quantitative estimate of drug-likeness (QED) is 0.789. The molecule has 0 aliphatic carbocycles. The van der Waals surface area contributed by atoms with Gasteiger partial charge in [-0.05, 0) is 37.0 Å². The van der Waals surface area contributed by atoms with Crippen molar-refractivity contribution in [1.82, 2.24) is 4.90 Å². The van der Waals surface area contributed by atoms with Crippen molar-refractivity contribution >= 4 is 11.6 Å². The van der Waals surface area contributed by atoms with Gasteiger partial charge in [-0.3, -0.25) is 4.79 Å². The third-order valence-corrected chi connectivity index (χ3v) is 3.33. The Morgan fingerprint density at radius 1 is 1.50 bits per heavy atom. The SMILES string of the molecule is Nc1cccc(CCC(=O)N2CCC[C@H](O)C2)c1. The number of hydrogen-bond donors (Lipinski definition) is 2. The van der Waals surface area contributed by atoms with E-state index in [1.54, 1.807) is 4.90 Å². The fourth-order valence-corrected chi connectivity index (χ4v) is 2.34. The Balaban J connectivity index is 1.84. The average molecular weight is 248 g/mol. The van der Waals surface area contributed by atoms with E-state index in [0.29, 0.717) is 19.4 Å². The van der Waals surface area contributed by atoms with Crippen molar-refractivity contribution < 1.29 is 9.90 Å². The fraction of sp³-hybridized carbons (Fsp3) is 0.500. The van der Waals surface area contributed by atoms with Gasteiger partial charge in [-0.25, -0.2) is 0 Å². The number of likely N-dealkylation sites (tertiary alicyclic amines) is 1. The van der Waals surface area contributed by atoms with Crippen LogP contribution >= 0.6 is 0 Å². The third kappa shape index (κ3) is 3.47. The number of anilines is 1. The van der Waals surface area contributed by atoms with Crippen molar-refractivity contribution in [2.45, 2.75) is 31.8 Å². The monoisotopic (exact) mass is 248 g/mol. The number of rotatable bonds is 3. The number of nitrogens with zero attached hydrogens (tertiary/aromatic N) is 1. The van der Waals surface area contributed by atoms with Crippen LogP contribution in [0.25, 0.3) is 0 Å². The normalized spacial score (nSPS) is 19.8. The Kier molecular flexibility index (Phi) is 4.20. The molecular formula is C14H20N2O2. The second-order valence-corrected chi connectivity index (χ2v) is 4.88. The van der Waals surface area contributed by atoms with Crippen molar-refractivity contribution in [3.8, 4) is 0 Å². The molecule has 18 heavy (non-hydrogen) atoms. The molecule has 1 fully saturated rings. The molecule has 1 aliphatic rings. The van der Waals surface area contributed by atoms with Crippen LogP contribution < -0.4 is 5.73 Å². The lowest BCUT2D eigenvalue weighted by Gasteiger charge is -2.30. The molecule has 0 spiro atoms. The van der Waals surface area contributed by atoms with E-state index in [1.807, 2.05) is 24.3 Å². The molecule has 1 aromatic carbocycles. The smallest absolute Gasteiger partial charge is 0.222 e. The molecule has 1 amide bonds. The largest absolute Gasteiger partial charge is 0.399 e. The van der Waals surface area contributed by atoms with Crippen LogP contribution in [0.3, 0.4) is 0 Å². The van der Waals surface area contributed by atoms with Gasteiger partial charge in [0.05, 0.1) is 6.10 Å². The first-order valence-electron chi connectivity index (χ1n) is 6.45. The lowest BCUT2D eigenvalue weighted by Crippen LogP contribution is -2.42. The van der Waals surface area contributed by atoms with Gasteiger partial charge >= 0.3 is 0 Å². The molecule has 2 rings (SSSR count). The number of β-amino-alcohol motifs (C(OH)–C–C–N with tert-alkyl or cyclic N) is 1. The predicted octanol–water partition coefficient (Wildman–Crippen LogP) is 1.18. The van der Waals surface area contributed by atoms with E-state index in [-0.39, 0.29) is 12.0 Å². The molecule has 1 heterocycles. The molecule has 1 aromatic rings. The van der Waals surface area contributed by atoms with E-state index in [9.17, 15) is 9.90 Å². The Bertz CT molecular complexity index is 420. The second kappa shape index (κ2) is 5.87. The Morgan fingerprint density at radius 2 is 2.33 bits per heavy atom. The molecule has 4 heteroatoms. The van der Waals surface area contributed by atoms with Gasteiger partial charge in [-0.15, -0.1) is 0 Å². The van der Waals surface area contributed by atoms with E-state index in [0.717, 1.165) is 30.6 Å². The van der Waals surface area contributed by atoms with Crippen molar-refractivity contribution in [2.24, 2.45) is 0 Å². The van der Waals surface area contributed by atoms with Gasteiger partial charge in [0.1, 0.15) is 0 Å². The minimum absolute atomic E-state index is 0.121. The highest BCUT2D eigenvalue weighted by atomic mass is 16.3. The lowest BCUT2D eigenvalue weighted by atomic mass is 10.1. The van der Waals surface area contributed by atoms with Crippen molar-refractivity contribution in [3.05, 3.63) is 29.8 Å². The first-order valence-corrected chi connectivity index (χ1v) is 6.45.